The van der Waals surface area contributed by atoms with Gasteiger partial charge in [0.25, 0.3) is 0 Å². The Hall–Kier alpha value is -1.04. The summed E-state index contributed by atoms with van der Waals surface area (Å²) in [5, 5.41) is 0. The number of benzene rings is 1. The standard InChI is InChI=1S/C13H14NO2.Li/c1-8-4-9-5-11-12(16-7-15-11)6-10(9)13(8)14(2)3;/h4-6H,7H2,1-3H3;. The third-order valence-electron chi connectivity index (χ3n) is 3.74. The molecule has 0 spiro atoms. The molecule has 1 unspecified atom stereocenters. The van der Waals surface area contributed by atoms with Crippen LogP contribution in [0.15, 0.2) is 17.7 Å². The SMILES string of the molecule is [Li][CH]1C(C)=C(N(C)C)c2cc3c(cc21)OCO3. The zero-order valence-corrected chi connectivity index (χ0v) is 10.7. The zero-order chi connectivity index (χ0) is 12.2. The summed E-state index contributed by atoms with van der Waals surface area (Å²) in [7, 11) is 4.18. The van der Waals surface area contributed by atoms with E-state index in [4.69, 9.17) is 9.47 Å². The molecule has 0 radical (unpaired) electrons. The van der Waals surface area contributed by atoms with Gasteiger partial charge in [-0.1, -0.05) is 0 Å². The normalized spacial score (nSPS) is 20.9. The molecule has 0 saturated heterocycles. The fourth-order valence-electron chi connectivity index (χ4n) is 2.77. The van der Waals surface area contributed by atoms with Crippen LogP contribution in [-0.2, 0) is 0 Å². The molecule has 1 aromatic rings. The average Bonchev–Trinajstić information content (AvgIpc) is 2.81. The number of nitrogens with zero attached hydrogens (tertiary/aromatic N) is 1. The molecule has 3 nitrogen and oxygen atoms in total. The molecule has 84 valence electrons. The first-order valence-electron chi connectivity index (χ1n) is 5.91. The summed E-state index contributed by atoms with van der Waals surface area (Å²) < 4.78 is 11.4. The van der Waals surface area contributed by atoms with Gasteiger partial charge in [-0.15, -0.1) is 0 Å². The van der Waals surface area contributed by atoms with E-state index in [1.54, 1.807) is 0 Å². The van der Waals surface area contributed by atoms with Crippen molar-refractivity contribution in [2.45, 2.75) is 11.5 Å². The molecule has 1 atom stereocenters. The van der Waals surface area contributed by atoms with Crippen LogP contribution in [0.2, 0.25) is 0 Å². The maximum absolute atomic E-state index is 5.46. The summed E-state index contributed by atoms with van der Waals surface area (Å²) in [5.41, 5.74) is 5.35. The molecule has 0 fully saturated rings. The molecule has 17 heavy (non-hydrogen) atoms. The number of fused-ring (bicyclic) bond motifs is 2. The van der Waals surface area contributed by atoms with Crippen molar-refractivity contribution in [1.82, 2.24) is 4.90 Å². The minimum atomic E-state index is 0.340. The van der Waals surface area contributed by atoms with Gasteiger partial charge in [-0.25, -0.2) is 0 Å². The van der Waals surface area contributed by atoms with E-state index in [2.05, 4.69) is 55.8 Å². The van der Waals surface area contributed by atoms with Gasteiger partial charge < -0.3 is 0 Å². The van der Waals surface area contributed by atoms with E-state index >= 15 is 0 Å². The third-order valence-corrected chi connectivity index (χ3v) is 3.74. The number of hydrogen-bond acceptors (Lipinski definition) is 3. The molecule has 0 N–H and O–H groups in total. The van der Waals surface area contributed by atoms with Crippen molar-refractivity contribution in [3.8, 4) is 11.5 Å². The Bertz CT molecular complexity index is 522. The summed E-state index contributed by atoms with van der Waals surface area (Å²) in [5.74, 6) is 1.74. The van der Waals surface area contributed by atoms with Crippen molar-refractivity contribution in [2.24, 2.45) is 0 Å². The van der Waals surface area contributed by atoms with Crippen LogP contribution in [0.3, 0.4) is 0 Å². The van der Waals surface area contributed by atoms with Crippen molar-refractivity contribution in [3.63, 3.8) is 0 Å². The average molecular weight is 223 g/mol. The second kappa shape index (κ2) is 3.73. The van der Waals surface area contributed by atoms with Crippen LogP contribution in [0, 0.1) is 0 Å². The van der Waals surface area contributed by atoms with Gasteiger partial charge in [0.15, 0.2) is 0 Å². The van der Waals surface area contributed by atoms with Crippen LogP contribution in [0.5, 0.6) is 11.5 Å². The Morgan fingerprint density at radius 1 is 1.24 bits per heavy atom. The van der Waals surface area contributed by atoms with Crippen LogP contribution in [0.4, 0.5) is 0 Å². The summed E-state index contributed by atoms with van der Waals surface area (Å²) in [6.07, 6.45) is 0. The van der Waals surface area contributed by atoms with E-state index in [1.807, 2.05) is 0 Å². The van der Waals surface area contributed by atoms with Gasteiger partial charge in [0, 0.05) is 0 Å². The van der Waals surface area contributed by atoms with Crippen molar-refractivity contribution in [1.29, 1.82) is 0 Å². The van der Waals surface area contributed by atoms with E-state index < -0.39 is 0 Å². The predicted octanol–water partition coefficient (Wildman–Crippen LogP) is 1.93. The Labute approximate surface area is 111 Å². The molecule has 4 heteroatoms. The first kappa shape index (κ1) is 11.1. The maximum atomic E-state index is 5.46. The second-order valence-electron chi connectivity index (χ2n) is 4.94. The summed E-state index contributed by atoms with van der Waals surface area (Å²) >= 11 is 2.24. The van der Waals surface area contributed by atoms with Crippen LogP contribution in [0.25, 0.3) is 5.70 Å². The topological polar surface area (TPSA) is 21.7 Å². The summed E-state index contributed by atoms with van der Waals surface area (Å²) in [4.78, 5) is 2.18. The van der Waals surface area contributed by atoms with Crippen LogP contribution < -0.4 is 9.47 Å². The van der Waals surface area contributed by atoms with Crippen LogP contribution in [0.1, 0.15) is 22.6 Å². The molecule has 1 aromatic carbocycles. The first-order valence-corrected chi connectivity index (χ1v) is 5.91. The second-order valence-corrected chi connectivity index (χ2v) is 4.94. The van der Waals surface area contributed by atoms with Crippen LogP contribution >= 0.6 is 0 Å². The van der Waals surface area contributed by atoms with Gasteiger partial charge in [0.1, 0.15) is 0 Å². The Morgan fingerprint density at radius 2 is 1.88 bits per heavy atom. The fourth-order valence-corrected chi connectivity index (χ4v) is 2.77. The Morgan fingerprint density at radius 3 is 2.53 bits per heavy atom. The van der Waals surface area contributed by atoms with E-state index in [1.165, 1.54) is 22.4 Å². The molecule has 1 aliphatic carbocycles. The van der Waals surface area contributed by atoms with Crippen molar-refractivity contribution in [3.05, 3.63) is 28.8 Å². The molecular formula is C13H14LiNO2. The van der Waals surface area contributed by atoms with Gasteiger partial charge in [0.2, 0.25) is 0 Å². The number of ether oxygens (including phenoxy) is 2. The van der Waals surface area contributed by atoms with Crippen LogP contribution in [-0.4, -0.2) is 43.5 Å². The molecule has 3 rings (SSSR count). The van der Waals surface area contributed by atoms with Gasteiger partial charge >= 0.3 is 111 Å². The quantitative estimate of drug-likeness (QED) is 0.679. The fraction of sp³-hybridized carbons (Fsp3) is 0.385. The van der Waals surface area contributed by atoms with E-state index in [9.17, 15) is 0 Å². The van der Waals surface area contributed by atoms with E-state index in [0.29, 0.717) is 11.4 Å². The van der Waals surface area contributed by atoms with Crippen molar-refractivity contribution < 1.29 is 9.47 Å². The minimum absolute atomic E-state index is 0.340. The zero-order valence-electron chi connectivity index (χ0n) is 10.7. The molecule has 0 saturated carbocycles. The Balaban J connectivity index is 2.20. The molecule has 2 aliphatic rings. The van der Waals surface area contributed by atoms with Gasteiger partial charge in [0.05, 0.1) is 0 Å². The number of rotatable bonds is 1. The van der Waals surface area contributed by atoms with Gasteiger partial charge in [-0.3, -0.25) is 0 Å². The number of hydrogen-bond donors (Lipinski definition) is 0. The molecule has 1 heterocycles. The molecule has 0 aromatic heterocycles. The monoisotopic (exact) mass is 223 g/mol. The first-order chi connectivity index (χ1) is 8.09. The Kier molecular flexibility index (Phi) is 2.43. The van der Waals surface area contributed by atoms with Crippen molar-refractivity contribution >= 4 is 23.4 Å². The summed E-state index contributed by atoms with van der Waals surface area (Å²) in [6.45, 7) is 2.54. The molecule has 0 bridgehead atoms. The molecular weight excluding hydrogens is 209 g/mol. The van der Waals surface area contributed by atoms with Gasteiger partial charge in [-0.2, -0.15) is 0 Å². The van der Waals surface area contributed by atoms with Crippen molar-refractivity contribution in [2.75, 3.05) is 20.9 Å². The molecule has 0 amide bonds. The van der Waals surface area contributed by atoms with Gasteiger partial charge in [-0.05, 0) is 0 Å². The summed E-state index contributed by atoms with van der Waals surface area (Å²) in [6, 6.07) is 4.24. The van der Waals surface area contributed by atoms with E-state index in [0.717, 1.165) is 11.5 Å². The predicted molar refractivity (Wildman–Crippen MR) is 67.3 cm³/mol. The third kappa shape index (κ3) is 1.50. The number of allylic oxidation sites excluding steroid dienone is 1. The van der Waals surface area contributed by atoms with E-state index in [-0.39, 0.29) is 0 Å². The molecule has 1 aliphatic heterocycles.